The fraction of sp³-hybridized carbons (Fsp3) is 0.267. The van der Waals surface area contributed by atoms with Crippen LogP contribution >= 0.6 is 11.3 Å². The number of nitrogens with one attached hydrogen (secondary N) is 1. The van der Waals surface area contributed by atoms with Crippen LogP contribution in [0.15, 0.2) is 24.3 Å². The number of hydrogen-bond acceptors (Lipinski definition) is 4. The van der Waals surface area contributed by atoms with Gasteiger partial charge in [-0.2, -0.15) is 0 Å². The van der Waals surface area contributed by atoms with Crippen molar-refractivity contribution >= 4 is 22.9 Å². The van der Waals surface area contributed by atoms with Gasteiger partial charge in [-0.1, -0.05) is 0 Å². The molecule has 0 aliphatic heterocycles. The first kappa shape index (κ1) is 14.4. The van der Waals surface area contributed by atoms with Gasteiger partial charge in [-0.05, 0) is 37.6 Å². The first-order valence-electron chi connectivity index (χ1n) is 6.15. The zero-order valence-corrected chi connectivity index (χ0v) is 12.8. The lowest BCUT2D eigenvalue weighted by molar-refractivity contribution is 0.103. The van der Waals surface area contributed by atoms with Crippen LogP contribution in [0.25, 0.3) is 0 Å². The third-order valence-corrected chi connectivity index (χ3v) is 4.20. The summed E-state index contributed by atoms with van der Waals surface area (Å²) in [5, 5.41) is 2.86. The Morgan fingerprint density at radius 2 is 1.90 bits per heavy atom. The molecule has 0 atom stereocenters. The molecule has 1 aromatic carbocycles. The average Bonchev–Trinajstić information content (AvgIpc) is 2.79. The predicted octanol–water partition coefficient (Wildman–Crippen LogP) is 3.63. The van der Waals surface area contributed by atoms with Gasteiger partial charge in [-0.3, -0.25) is 4.79 Å². The minimum Gasteiger partial charge on any atom is -0.497 e. The highest BCUT2D eigenvalue weighted by molar-refractivity contribution is 7.14. The zero-order chi connectivity index (χ0) is 14.7. The first-order valence-corrected chi connectivity index (χ1v) is 6.97. The van der Waals surface area contributed by atoms with Gasteiger partial charge in [0, 0.05) is 10.9 Å². The van der Waals surface area contributed by atoms with Gasteiger partial charge in [0.1, 0.15) is 11.5 Å². The molecule has 0 aliphatic rings. The number of methoxy groups -OCH3 is 2. The maximum atomic E-state index is 12.2. The molecule has 1 N–H and O–H groups in total. The van der Waals surface area contributed by atoms with E-state index in [1.54, 1.807) is 32.4 Å². The number of thiophene rings is 1. The number of anilines is 1. The van der Waals surface area contributed by atoms with Gasteiger partial charge in [-0.15, -0.1) is 11.3 Å². The number of benzene rings is 1. The molecule has 0 unspecified atom stereocenters. The van der Waals surface area contributed by atoms with E-state index in [9.17, 15) is 4.79 Å². The van der Waals surface area contributed by atoms with Gasteiger partial charge in [0.2, 0.25) is 0 Å². The highest BCUT2D eigenvalue weighted by Gasteiger charge is 2.13. The van der Waals surface area contributed by atoms with E-state index in [1.165, 1.54) is 11.3 Å². The molecule has 0 radical (unpaired) electrons. The van der Waals surface area contributed by atoms with Crippen molar-refractivity contribution in [3.05, 3.63) is 39.6 Å². The molecule has 0 bridgehead atoms. The summed E-state index contributed by atoms with van der Waals surface area (Å²) in [6, 6.07) is 7.18. The van der Waals surface area contributed by atoms with Crippen molar-refractivity contribution in [1.29, 1.82) is 0 Å². The second-order valence-corrected chi connectivity index (χ2v) is 5.63. The molecule has 1 amide bonds. The van der Waals surface area contributed by atoms with Crippen LogP contribution in [0.5, 0.6) is 11.5 Å². The van der Waals surface area contributed by atoms with Crippen molar-refractivity contribution in [3.63, 3.8) is 0 Å². The van der Waals surface area contributed by atoms with Gasteiger partial charge in [0.25, 0.3) is 5.91 Å². The third-order valence-electron chi connectivity index (χ3n) is 3.05. The second kappa shape index (κ2) is 5.96. The molecule has 20 heavy (non-hydrogen) atoms. The summed E-state index contributed by atoms with van der Waals surface area (Å²) in [5.41, 5.74) is 1.75. The van der Waals surface area contributed by atoms with E-state index in [2.05, 4.69) is 5.32 Å². The van der Waals surface area contributed by atoms with Gasteiger partial charge >= 0.3 is 0 Å². The first-order chi connectivity index (χ1) is 9.55. The summed E-state index contributed by atoms with van der Waals surface area (Å²) < 4.78 is 10.4. The van der Waals surface area contributed by atoms with Crippen LogP contribution in [0, 0.1) is 13.8 Å². The van der Waals surface area contributed by atoms with Crippen LogP contribution < -0.4 is 14.8 Å². The molecule has 5 heteroatoms. The zero-order valence-electron chi connectivity index (χ0n) is 11.9. The summed E-state index contributed by atoms with van der Waals surface area (Å²) in [6.07, 6.45) is 0. The van der Waals surface area contributed by atoms with Crippen LogP contribution in [0.2, 0.25) is 0 Å². The van der Waals surface area contributed by atoms with E-state index in [1.807, 2.05) is 19.9 Å². The molecule has 2 aromatic rings. The predicted molar refractivity (Wildman–Crippen MR) is 81.3 cm³/mol. The highest BCUT2D eigenvalue weighted by Crippen LogP contribution is 2.30. The summed E-state index contributed by atoms with van der Waals surface area (Å²) in [6.45, 7) is 4.00. The minimum atomic E-state index is -0.130. The number of carbonyl (C=O) groups is 1. The number of ether oxygens (including phenoxy) is 2. The second-order valence-electron chi connectivity index (χ2n) is 4.37. The van der Waals surface area contributed by atoms with Crippen molar-refractivity contribution < 1.29 is 14.3 Å². The monoisotopic (exact) mass is 291 g/mol. The van der Waals surface area contributed by atoms with Crippen LogP contribution in [0.4, 0.5) is 5.69 Å². The van der Waals surface area contributed by atoms with Gasteiger partial charge in [0.05, 0.1) is 24.8 Å². The number of amides is 1. The van der Waals surface area contributed by atoms with Crippen molar-refractivity contribution in [2.45, 2.75) is 13.8 Å². The Balaban J connectivity index is 2.23. The van der Waals surface area contributed by atoms with Gasteiger partial charge < -0.3 is 14.8 Å². The summed E-state index contributed by atoms with van der Waals surface area (Å²) in [5.74, 6) is 1.13. The van der Waals surface area contributed by atoms with E-state index in [0.717, 1.165) is 10.4 Å². The van der Waals surface area contributed by atoms with Crippen LogP contribution in [0.3, 0.4) is 0 Å². The summed E-state index contributed by atoms with van der Waals surface area (Å²) in [7, 11) is 3.15. The Labute approximate surface area is 122 Å². The van der Waals surface area contributed by atoms with Gasteiger partial charge in [-0.25, -0.2) is 0 Å². The normalized spacial score (nSPS) is 10.2. The molecule has 4 nitrogen and oxygen atoms in total. The van der Waals surface area contributed by atoms with Crippen LogP contribution in [0.1, 0.15) is 20.1 Å². The molecule has 2 rings (SSSR count). The Kier molecular flexibility index (Phi) is 4.29. The van der Waals surface area contributed by atoms with E-state index in [0.29, 0.717) is 22.1 Å². The Hall–Kier alpha value is -2.01. The number of rotatable bonds is 4. The number of carbonyl (C=O) groups excluding carboxylic acids is 1. The van der Waals surface area contributed by atoms with E-state index in [-0.39, 0.29) is 5.91 Å². The Morgan fingerprint density at radius 1 is 1.15 bits per heavy atom. The summed E-state index contributed by atoms with van der Waals surface area (Å²) in [4.78, 5) is 14.1. The largest absolute Gasteiger partial charge is 0.497 e. The van der Waals surface area contributed by atoms with E-state index < -0.39 is 0 Å². The van der Waals surface area contributed by atoms with Crippen LogP contribution in [-0.2, 0) is 0 Å². The van der Waals surface area contributed by atoms with E-state index in [4.69, 9.17) is 9.47 Å². The van der Waals surface area contributed by atoms with Crippen molar-refractivity contribution in [1.82, 2.24) is 0 Å². The van der Waals surface area contributed by atoms with Crippen molar-refractivity contribution in [2.75, 3.05) is 19.5 Å². The molecule has 1 aromatic heterocycles. The smallest absolute Gasteiger partial charge is 0.265 e. The molecular formula is C15H17NO3S. The SMILES string of the molecule is COc1ccc(NC(=O)c2cc(C)c(C)s2)c(OC)c1. The molecule has 0 aliphatic carbocycles. The molecule has 0 saturated heterocycles. The molecule has 0 spiro atoms. The maximum absolute atomic E-state index is 12.2. The summed E-state index contributed by atoms with van der Waals surface area (Å²) >= 11 is 1.49. The topological polar surface area (TPSA) is 47.6 Å². The lowest BCUT2D eigenvalue weighted by atomic mass is 10.2. The minimum absolute atomic E-state index is 0.130. The molecule has 106 valence electrons. The van der Waals surface area contributed by atoms with Gasteiger partial charge in [0.15, 0.2) is 0 Å². The fourth-order valence-electron chi connectivity index (χ4n) is 1.77. The standard InChI is InChI=1S/C15H17NO3S/c1-9-7-14(20-10(9)2)15(17)16-12-6-5-11(18-3)8-13(12)19-4/h5-8H,1-4H3,(H,16,17). The maximum Gasteiger partial charge on any atom is 0.265 e. The Morgan fingerprint density at radius 3 is 2.45 bits per heavy atom. The van der Waals surface area contributed by atoms with Crippen molar-refractivity contribution in [2.24, 2.45) is 0 Å². The lowest BCUT2D eigenvalue weighted by Gasteiger charge is -2.10. The Bertz CT molecular complexity index is 615. The quantitative estimate of drug-likeness (QED) is 0.935. The number of aryl methyl sites for hydroxylation is 2. The molecule has 0 saturated carbocycles. The van der Waals surface area contributed by atoms with Crippen molar-refractivity contribution in [3.8, 4) is 11.5 Å². The number of hydrogen-bond donors (Lipinski definition) is 1. The highest BCUT2D eigenvalue weighted by atomic mass is 32.1. The van der Waals surface area contributed by atoms with Crippen LogP contribution in [-0.4, -0.2) is 20.1 Å². The molecule has 1 heterocycles. The third kappa shape index (κ3) is 2.93. The average molecular weight is 291 g/mol. The fourth-order valence-corrected chi connectivity index (χ4v) is 2.70. The molecular weight excluding hydrogens is 274 g/mol. The lowest BCUT2D eigenvalue weighted by Crippen LogP contribution is -2.11. The van der Waals surface area contributed by atoms with E-state index >= 15 is 0 Å². The molecule has 0 fully saturated rings.